The van der Waals surface area contributed by atoms with Gasteiger partial charge in [-0.2, -0.15) is 0 Å². The number of hydrogen-bond donors (Lipinski definition) is 3. The molecule has 0 aliphatic carbocycles. The van der Waals surface area contributed by atoms with Crippen LogP contribution in [0.5, 0.6) is 0 Å². The SMILES string of the molecule is CC(C)CN(CC(C)C)c1cnc2n(c1=O)[C@H](C(=O)NCc1ccc(C(=N)N)cc1)CC2. The van der Waals surface area contributed by atoms with E-state index < -0.39 is 6.04 Å². The Kier molecular flexibility index (Phi) is 7.33. The Hall–Kier alpha value is -3.16. The monoisotopic (exact) mass is 438 g/mol. The molecule has 32 heavy (non-hydrogen) atoms. The molecule has 0 saturated carbocycles. The summed E-state index contributed by atoms with van der Waals surface area (Å²) in [6.07, 6.45) is 2.85. The van der Waals surface area contributed by atoms with E-state index in [-0.39, 0.29) is 17.3 Å². The molecule has 172 valence electrons. The number of nitrogens with two attached hydrogens (primary N) is 1. The van der Waals surface area contributed by atoms with Crippen LogP contribution in [0.15, 0.2) is 35.3 Å². The van der Waals surface area contributed by atoms with Crippen LogP contribution in [0.3, 0.4) is 0 Å². The first-order valence-electron chi connectivity index (χ1n) is 11.2. The molecular formula is C24H34N6O2. The quantitative estimate of drug-likeness (QED) is 0.411. The van der Waals surface area contributed by atoms with Crippen LogP contribution in [0.25, 0.3) is 0 Å². The average molecular weight is 439 g/mol. The number of fused-ring (bicyclic) bond motifs is 1. The predicted molar refractivity (Wildman–Crippen MR) is 127 cm³/mol. The number of rotatable bonds is 9. The first kappa shape index (κ1) is 23.5. The second-order valence-corrected chi connectivity index (χ2v) is 9.31. The Morgan fingerprint density at radius 3 is 2.41 bits per heavy atom. The van der Waals surface area contributed by atoms with Crippen LogP contribution in [-0.2, 0) is 17.8 Å². The molecule has 0 spiro atoms. The van der Waals surface area contributed by atoms with Crippen LogP contribution >= 0.6 is 0 Å². The number of carbonyl (C=O) groups excluding carboxylic acids is 1. The van der Waals surface area contributed by atoms with E-state index in [4.69, 9.17) is 11.1 Å². The molecule has 0 bridgehead atoms. The molecule has 1 atom stereocenters. The molecule has 0 unspecified atom stereocenters. The number of anilines is 1. The summed E-state index contributed by atoms with van der Waals surface area (Å²) in [6, 6.07) is 6.63. The van der Waals surface area contributed by atoms with E-state index >= 15 is 0 Å². The minimum Gasteiger partial charge on any atom is -0.384 e. The number of aryl methyl sites for hydroxylation is 1. The van der Waals surface area contributed by atoms with Gasteiger partial charge in [0.1, 0.15) is 23.4 Å². The van der Waals surface area contributed by atoms with Crippen LogP contribution in [0.4, 0.5) is 5.69 Å². The van der Waals surface area contributed by atoms with Gasteiger partial charge in [0, 0.05) is 31.6 Å². The summed E-state index contributed by atoms with van der Waals surface area (Å²) < 4.78 is 1.58. The van der Waals surface area contributed by atoms with Crippen LogP contribution in [0.1, 0.15) is 57.1 Å². The lowest BCUT2D eigenvalue weighted by atomic mass is 10.1. The van der Waals surface area contributed by atoms with Crippen LogP contribution in [-0.4, -0.2) is 34.4 Å². The molecule has 0 fully saturated rings. The Balaban J connectivity index is 1.79. The van der Waals surface area contributed by atoms with Gasteiger partial charge in [0.25, 0.3) is 5.56 Å². The Bertz CT molecular complexity index is 1020. The molecule has 8 heteroatoms. The van der Waals surface area contributed by atoms with Crippen molar-refractivity contribution >= 4 is 17.4 Å². The zero-order chi connectivity index (χ0) is 23.4. The number of amidine groups is 1. The van der Waals surface area contributed by atoms with Crippen molar-refractivity contribution in [2.24, 2.45) is 17.6 Å². The normalized spacial score (nSPS) is 15.1. The van der Waals surface area contributed by atoms with Gasteiger partial charge < -0.3 is 16.0 Å². The lowest BCUT2D eigenvalue weighted by molar-refractivity contribution is -0.124. The van der Waals surface area contributed by atoms with Crippen LogP contribution < -0.4 is 21.5 Å². The molecule has 1 aliphatic rings. The fraction of sp³-hybridized carbons (Fsp3) is 0.500. The average Bonchev–Trinajstić information content (AvgIpc) is 3.16. The molecule has 3 rings (SSSR count). The van der Waals surface area contributed by atoms with Gasteiger partial charge in [0.2, 0.25) is 5.91 Å². The molecule has 2 aromatic rings. The maximum Gasteiger partial charge on any atom is 0.277 e. The minimum absolute atomic E-state index is 0.00908. The van der Waals surface area contributed by atoms with E-state index in [1.807, 2.05) is 12.1 Å². The van der Waals surface area contributed by atoms with Crippen molar-refractivity contribution in [2.75, 3.05) is 18.0 Å². The standard InChI is InChI=1S/C24H34N6O2/c1-15(2)13-29(14-16(3)4)20-12-27-21-10-9-19(30(21)24(20)32)23(31)28-11-17-5-7-18(8-6-17)22(25)26/h5-8,12,15-16,19H,9-11,13-14H2,1-4H3,(H3,25,26)(H,28,31)/t19-/m0/s1. The fourth-order valence-corrected chi connectivity index (χ4v) is 4.12. The van der Waals surface area contributed by atoms with Crippen molar-refractivity contribution in [2.45, 2.75) is 53.1 Å². The van der Waals surface area contributed by atoms with Gasteiger partial charge in [-0.05, 0) is 23.8 Å². The summed E-state index contributed by atoms with van der Waals surface area (Å²) in [5, 5.41) is 10.4. The smallest absolute Gasteiger partial charge is 0.277 e. The highest BCUT2D eigenvalue weighted by atomic mass is 16.2. The molecule has 0 saturated heterocycles. The Morgan fingerprint density at radius 2 is 1.84 bits per heavy atom. The third-order valence-electron chi connectivity index (χ3n) is 5.55. The molecule has 2 heterocycles. The molecule has 1 aromatic carbocycles. The molecule has 1 amide bonds. The van der Waals surface area contributed by atoms with Crippen molar-refractivity contribution in [3.05, 3.63) is 57.8 Å². The van der Waals surface area contributed by atoms with E-state index in [2.05, 4.69) is 42.9 Å². The highest BCUT2D eigenvalue weighted by Gasteiger charge is 2.32. The van der Waals surface area contributed by atoms with Crippen LogP contribution in [0.2, 0.25) is 0 Å². The third-order valence-corrected chi connectivity index (χ3v) is 5.55. The summed E-state index contributed by atoms with van der Waals surface area (Å²) in [6.45, 7) is 10.4. The molecule has 1 aromatic heterocycles. The lowest BCUT2D eigenvalue weighted by Crippen LogP contribution is -2.40. The molecule has 0 radical (unpaired) electrons. The van der Waals surface area contributed by atoms with E-state index in [1.54, 1.807) is 22.9 Å². The van der Waals surface area contributed by atoms with Gasteiger partial charge in [-0.3, -0.25) is 19.6 Å². The Labute approximate surface area is 189 Å². The van der Waals surface area contributed by atoms with Crippen molar-refractivity contribution in [1.82, 2.24) is 14.9 Å². The largest absolute Gasteiger partial charge is 0.384 e. The number of carbonyl (C=O) groups is 1. The predicted octanol–water partition coefficient (Wildman–Crippen LogP) is 2.45. The zero-order valence-corrected chi connectivity index (χ0v) is 19.4. The van der Waals surface area contributed by atoms with E-state index in [1.165, 1.54) is 0 Å². The summed E-state index contributed by atoms with van der Waals surface area (Å²) >= 11 is 0. The number of benzene rings is 1. The molecule has 1 aliphatic heterocycles. The summed E-state index contributed by atoms with van der Waals surface area (Å²) in [5.74, 6) is 1.30. The maximum atomic E-state index is 13.4. The first-order valence-corrected chi connectivity index (χ1v) is 11.2. The minimum atomic E-state index is -0.554. The first-order chi connectivity index (χ1) is 15.2. The number of amides is 1. The summed E-state index contributed by atoms with van der Waals surface area (Å²) in [5.41, 5.74) is 7.46. The second-order valence-electron chi connectivity index (χ2n) is 9.31. The van der Waals surface area contributed by atoms with Crippen molar-refractivity contribution < 1.29 is 4.79 Å². The zero-order valence-electron chi connectivity index (χ0n) is 19.4. The number of nitrogens with one attached hydrogen (secondary N) is 2. The molecule has 8 nitrogen and oxygen atoms in total. The molecular weight excluding hydrogens is 404 g/mol. The van der Waals surface area contributed by atoms with Crippen molar-refractivity contribution in [3.8, 4) is 0 Å². The van der Waals surface area contributed by atoms with Gasteiger partial charge in [-0.25, -0.2) is 4.98 Å². The highest BCUT2D eigenvalue weighted by molar-refractivity contribution is 5.94. The number of hydrogen-bond acceptors (Lipinski definition) is 5. The van der Waals surface area contributed by atoms with Gasteiger partial charge in [0.15, 0.2) is 0 Å². The van der Waals surface area contributed by atoms with E-state index in [0.29, 0.717) is 48.3 Å². The summed E-state index contributed by atoms with van der Waals surface area (Å²) in [7, 11) is 0. The highest BCUT2D eigenvalue weighted by Crippen LogP contribution is 2.24. The number of nitrogen functional groups attached to an aromatic ring is 1. The lowest BCUT2D eigenvalue weighted by Gasteiger charge is -2.28. The Morgan fingerprint density at radius 1 is 1.22 bits per heavy atom. The van der Waals surface area contributed by atoms with E-state index in [9.17, 15) is 9.59 Å². The maximum absolute atomic E-state index is 13.4. The summed E-state index contributed by atoms with van der Waals surface area (Å²) in [4.78, 5) is 33.0. The number of nitrogens with zero attached hydrogens (tertiary/aromatic N) is 3. The second kappa shape index (κ2) is 9.97. The number of aromatic nitrogens is 2. The molecule has 4 N–H and O–H groups in total. The van der Waals surface area contributed by atoms with Gasteiger partial charge in [-0.1, -0.05) is 52.0 Å². The van der Waals surface area contributed by atoms with Crippen molar-refractivity contribution in [1.29, 1.82) is 5.41 Å². The third kappa shape index (κ3) is 5.36. The van der Waals surface area contributed by atoms with Gasteiger partial charge >= 0.3 is 0 Å². The van der Waals surface area contributed by atoms with E-state index in [0.717, 1.165) is 18.7 Å². The van der Waals surface area contributed by atoms with Gasteiger partial charge in [0.05, 0.1) is 6.20 Å². The van der Waals surface area contributed by atoms with Crippen molar-refractivity contribution in [3.63, 3.8) is 0 Å². The van der Waals surface area contributed by atoms with Crippen LogP contribution in [0, 0.1) is 17.2 Å². The fourth-order valence-electron chi connectivity index (χ4n) is 4.12. The van der Waals surface area contributed by atoms with Gasteiger partial charge in [-0.15, -0.1) is 0 Å². The topological polar surface area (TPSA) is 117 Å².